The van der Waals surface area contributed by atoms with Crippen LogP contribution in [0.1, 0.15) is 16.1 Å². The van der Waals surface area contributed by atoms with Crippen molar-refractivity contribution in [1.82, 2.24) is 14.8 Å². The Morgan fingerprint density at radius 1 is 1.03 bits per heavy atom. The molecular weight excluding hydrogens is 388 g/mol. The van der Waals surface area contributed by atoms with Crippen LogP contribution in [0.25, 0.3) is 21.5 Å². The molecule has 2 heterocycles. The van der Waals surface area contributed by atoms with Crippen LogP contribution in [0.3, 0.4) is 0 Å². The van der Waals surface area contributed by atoms with Gasteiger partial charge in [-0.15, -0.1) is 10.2 Å². The molecule has 0 saturated carbocycles. The maximum absolute atomic E-state index is 12.8. The molecule has 0 fully saturated rings. The summed E-state index contributed by atoms with van der Waals surface area (Å²) in [6.45, 7) is 2.03. The second-order valence-corrected chi connectivity index (χ2v) is 7.60. The van der Waals surface area contributed by atoms with Gasteiger partial charge >= 0.3 is 0 Å². The second kappa shape index (κ2) is 7.56. The smallest absolute Gasteiger partial charge is 0.274 e. The molecule has 1 N–H and O–H groups in total. The minimum atomic E-state index is -0.229. The van der Waals surface area contributed by atoms with Crippen molar-refractivity contribution in [3.8, 4) is 22.1 Å². The molecule has 4 rings (SSSR count). The van der Waals surface area contributed by atoms with E-state index < -0.39 is 0 Å². The Labute approximate surface area is 171 Å². The summed E-state index contributed by atoms with van der Waals surface area (Å²) in [5.74, 6) is 1.09. The van der Waals surface area contributed by atoms with Gasteiger partial charge in [-0.1, -0.05) is 23.0 Å². The Hall–Kier alpha value is -3.39. The van der Waals surface area contributed by atoms with Gasteiger partial charge in [-0.25, -0.2) is 0 Å². The molecule has 29 heavy (non-hydrogen) atoms. The van der Waals surface area contributed by atoms with E-state index in [0.717, 1.165) is 22.0 Å². The Kier molecular flexibility index (Phi) is 4.94. The van der Waals surface area contributed by atoms with Gasteiger partial charge in [-0.2, -0.15) is 0 Å². The molecule has 0 saturated heterocycles. The number of benzene rings is 2. The molecule has 0 atom stereocenters. The molecule has 0 aliphatic heterocycles. The number of carbonyl (C=O) groups excluding carboxylic acids is 1. The number of carbonyl (C=O) groups is 1. The molecule has 1 amide bonds. The van der Waals surface area contributed by atoms with Gasteiger partial charge in [0.25, 0.3) is 5.91 Å². The van der Waals surface area contributed by atoms with Crippen LogP contribution < -0.4 is 14.8 Å². The molecule has 0 aliphatic carbocycles. The van der Waals surface area contributed by atoms with Crippen LogP contribution in [-0.4, -0.2) is 34.9 Å². The quantitative estimate of drug-likeness (QED) is 0.533. The Balaban J connectivity index is 1.60. The topological polar surface area (TPSA) is 78.3 Å². The summed E-state index contributed by atoms with van der Waals surface area (Å²) < 4.78 is 12.5. The zero-order valence-corrected chi connectivity index (χ0v) is 17.3. The molecule has 0 unspecified atom stereocenters. The van der Waals surface area contributed by atoms with Crippen molar-refractivity contribution in [3.63, 3.8) is 0 Å². The van der Waals surface area contributed by atoms with Gasteiger partial charge in [0, 0.05) is 29.6 Å². The van der Waals surface area contributed by atoms with E-state index in [9.17, 15) is 4.79 Å². The third kappa shape index (κ3) is 3.66. The summed E-state index contributed by atoms with van der Waals surface area (Å²) in [7, 11) is 5.06. The van der Waals surface area contributed by atoms with Gasteiger partial charge in [-0.05, 0) is 37.3 Å². The van der Waals surface area contributed by atoms with E-state index in [0.29, 0.717) is 27.3 Å². The largest absolute Gasteiger partial charge is 0.497 e. The molecule has 0 spiro atoms. The lowest BCUT2D eigenvalue weighted by Crippen LogP contribution is -2.15. The average molecular weight is 408 g/mol. The summed E-state index contributed by atoms with van der Waals surface area (Å²) in [6, 6.07) is 13.5. The zero-order chi connectivity index (χ0) is 20.5. The summed E-state index contributed by atoms with van der Waals surface area (Å²) in [4.78, 5) is 12.8. The van der Waals surface area contributed by atoms with E-state index in [1.54, 1.807) is 20.3 Å². The number of rotatable bonds is 5. The maximum atomic E-state index is 12.8. The van der Waals surface area contributed by atoms with Crippen molar-refractivity contribution in [1.29, 1.82) is 0 Å². The first-order chi connectivity index (χ1) is 14.0. The van der Waals surface area contributed by atoms with Gasteiger partial charge in [0.2, 0.25) is 5.13 Å². The lowest BCUT2D eigenvalue weighted by Gasteiger charge is -2.06. The van der Waals surface area contributed by atoms with Crippen LogP contribution in [0.5, 0.6) is 11.5 Å². The second-order valence-electron chi connectivity index (χ2n) is 6.62. The number of anilines is 1. The third-order valence-corrected chi connectivity index (χ3v) is 5.56. The van der Waals surface area contributed by atoms with Crippen molar-refractivity contribution in [2.24, 2.45) is 7.05 Å². The molecule has 4 aromatic rings. The number of amides is 1. The summed E-state index contributed by atoms with van der Waals surface area (Å²) in [5.41, 5.74) is 3.52. The minimum absolute atomic E-state index is 0.229. The van der Waals surface area contributed by atoms with Crippen molar-refractivity contribution in [2.45, 2.75) is 6.92 Å². The Morgan fingerprint density at radius 2 is 1.76 bits per heavy atom. The maximum Gasteiger partial charge on any atom is 0.274 e. The lowest BCUT2D eigenvalue weighted by atomic mass is 10.2. The molecule has 148 valence electrons. The first-order valence-electron chi connectivity index (χ1n) is 8.93. The van der Waals surface area contributed by atoms with Crippen molar-refractivity contribution in [2.75, 3.05) is 19.5 Å². The van der Waals surface area contributed by atoms with E-state index in [1.807, 2.05) is 48.9 Å². The highest BCUT2D eigenvalue weighted by Gasteiger charge is 2.16. The summed E-state index contributed by atoms with van der Waals surface area (Å²) in [5, 5.41) is 13.3. The molecule has 2 aromatic carbocycles. The number of hydrogen-bond donors (Lipinski definition) is 1. The number of fused-ring (bicyclic) bond motifs is 1. The number of hydrogen-bond acceptors (Lipinski definition) is 6. The van der Waals surface area contributed by atoms with E-state index in [2.05, 4.69) is 21.6 Å². The number of nitrogens with one attached hydrogen (secondary N) is 1. The monoisotopic (exact) mass is 408 g/mol. The fourth-order valence-electron chi connectivity index (χ4n) is 3.17. The number of aromatic nitrogens is 3. The normalized spacial score (nSPS) is 10.9. The Bertz CT molecular complexity index is 1190. The molecule has 7 nitrogen and oxygen atoms in total. The minimum Gasteiger partial charge on any atom is -0.497 e. The van der Waals surface area contributed by atoms with Crippen LogP contribution in [0.2, 0.25) is 0 Å². The standard InChI is InChI=1S/C21H20N4O3S/c1-12-5-6-17-13(7-12)10-18(25(17)2)19(26)22-21-24-23-20(29-21)14-8-15(27-3)11-16(9-14)28-4/h5-11H,1-4H3,(H,22,24,26). The molecular formula is C21H20N4O3S. The number of methoxy groups -OCH3 is 2. The van der Waals surface area contributed by atoms with Crippen molar-refractivity contribution < 1.29 is 14.3 Å². The average Bonchev–Trinajstić information content (AvgIpc) is 3.32. The molecule has 0 bridgehead atoms. The van der Waals surface area contributed by atoms with E-state index in [1.165, 1.54) is 11.3 Å². The molecule has 0 radical (unpaired) electrons. The van der Waals surface area contributed by atoms with Crippen LogP contribution in [0.4, 0.5) is 5.13 Å². The summed E-state index contributed by atoms with van der Waals surface area (Å²) in [6.07, 6.45) is 0. The van der Waals surface area contributed by atoms with Gasteiger partial charge < -0.3 is 14.0 Å². The fourth-order valence-corrected chi connectivity index (χ4v) is 3.90. The predicted molar refractivity (Wildman–Crippen MR) is 114 cm³/mol. The zero-order valence-electron chi connectivity index (χ0n) is 16.5. The highest BCUT2D eigenvalue weighted by atomic mass is 32.1. The SMILES string of the molecule is COc1cc(OC)cc(-c2nnc(NC(=O)c3cc4cc(C)ccc4n3C)s2)c1. The highest BCUT2D eigenvalue weighted by Crippen LogP contribution is 2.33. The highest BCUT2D eigenvalue weighted by molar-refractivity contribution is 7.18. The number of nitrogens with zero attached hydrogens (tertiary/aromatic N) is 3. The van der Waals surface area contributed by atoms with Crippen molar-refractivity contribution >= 4 is 33.3 Å². The Morgan fingerprint density at radius 3 is 2.45 bits per heavy atom. The van der Waals surface area contributed by atoms with Gasteiger partial charge in [0.15, 0.2) is 0 Å². The van der Waals surface area contributed by atoms with Crippen LogP contribution in [-0.2, 0) is 7.05 Å². The first kappa shape index (κ1) is 18.9. The molecule has 8 heteroatoms. The van der Waals surface area contributed by atoms with Gasteiger partial charge in [0.1, 0.15) is 22.2 Å². The first-order valence-corrected chi connectivity index (χ1v) is 9.74. The lowest BCUT2D eigenvalue weighted by molar-refractivity contribution is 0.101. The predicted octanol–water partition coefficient (Wildman–Crippen LogP) is 4.27. The van der Waals surface area contributed by atoms with E-state index in [-0.39, 0.29) is 5.91 Å². The van der Waals surface area contributed by atoms with Gasteiger partial charge in [-0.3, -0.25) is 10.1 Å². The van der Waals surface area contributed by atoms with Crippen LogP contribution in [0.15, 0.2) is 42.5 Å². The van der Waals surface area contributed by atoms with Crippen LogP contribution >= 0.6 is 11.3 Å². The molecule has 0 aliphatic rings. The van der Waals surface area contributed by atoms with E-state index in [4.69, 9.17) is 9.47 Å². The van der Waals surface area contributed by atoms with Crippen molar-refractivity contribution in [3.05, 3.63) is 53.7 Å². The van der Waals surface area contributed by atoms with Crippen LogP contribution in [0, 0.1) is 6.92 Å². The third-order valence-electron chi connectivity index (χ3n) is 4.67. The van der Waals surface area contributed by atoms with E-state index >= 15 is 0 Å². The number of aryl methyl sites for hydroxylation is 2. The fraction of sp³-hybridized carbons (Fsp3) is 0.190. The summed E-state index contributed by atoms with van der Waals surface area (Å²) >= 11 is 1.29. The van der Waals surface area contributed by atoms with Gasteiger partial charge in [0.05, 0.1) is 14.2 Å². The molecule has 2 aromatic heterocycles. The number of ether oxygens (including phenoxy) is 2.